The third-order valence-electron chi connectivity index (χ3n) is 1.45. The van der Waals surface area contributed by atoms with Crippen LogP contribution in [-0.2, 0) is 9.56 Å². The molecular weight excluding hydrogens is 166 g/mol. The van der Waals surface area contributed by atoms with Crippen LogP contribution in [0.1, 0.15) is 25.7 Å². The minimum Gasteiger partial charge on any atom is -0.233 e. The van der Waals surface area contributed by atoms with E-state index in [4.69, 9.17) is 9.56 Å². The number of hydrogen-bond donors (Lipinski definition) is 0. The van der Waals surface area contributed by atoms with E-state index in [0.717, 1.165) is 21.3 Å². The summed E-state index contributed by atoms with van der Waals surface area (Å²) in [5, 5.41) is 0. The fraction of sp³-hybridized carbons (Fsp3) is 1.00. The zero-order valence-corrected chi connectivity index (χ0v) is 8.06. The van der Waals surface area contributed by atoms with Gasteiger partial charge in [-0.15, -0.1) is 0 Å². The first-order valence-corrected chi connectivity index (χ1v) is 6.88. The van der Waals surface area contributed by atoms with Crippen LogP contribution in [0.5, 0.6) is 0 Å². The fourth-order valence-electron chi connectivity index (χ4n) is 0.880. The molecule has 1 rings (SSSR count). The first-order chi connectivity index (χ1) is 5.00. The third kappa shape index (κ3) is 4.57. The Morgan fingerprint density at radius 2 is 1.90 bits per heavy atom. The quantitative estimate of drug-likeness (QED) is 0.421. The normalized spacial score (nSPS) is 28.8. The monoisotopic (exact) mass is 180 g/mol. The summed E-state index contributed by atoms with van der Waals surface area (Å²) in [7, 11) is 1.55. The molecule has 1 aliphatic heterocycles. The SMILES string of the molecule is C1CCCPPOOCC1. The van der Waals surface area contributed by atoms with E-state index in [1.807, 2.05) is 0 Å². The smallest absolute Gasteiger partial charge is 0.0825 e. The van der Waals surface area contributed by atoms with Crippen LogP contribution in [0.2, 0.25) is 0 Å². The molecule has 0 N–H and O–H groups in total. The molecule has 1 fully saturated rings. The van der Waals surface area contributed by atoms with E-state index in [-0.39, 0.29) is 0 Å². The minimum absolute atomic E-state index is 0.588. The molecule has 0 aliphatic carbocycles. The molecule has 0 bridgehead atoms. The third-order valence-corrected chi connectivity index (χ3v) is 3.83. The van der Waals surface area contributed by atoms with Crippen LogP contribution in [0.4, 0.5) is 0 Å². The highest BCUT2D eigenvalue weighted by Gasteiger charge is 1.96. The van der Waals surface area contributed by atoms with Gasteiger partial charge in [0, 0.05) is 0 Å². The van der Waals surface area contributed by atoms with Crippen molar-refractivity contribution < 1.29 is 9.56 Å². The molecule has 2 nitrogen and oxygen atoms in total. The van der Waals surface area contributed by atoms with Crippen molar-refractivity contribution in [1.82, 2.24) is 0 Å². The number of hydrogen-bond acceptors (Lipinski definition) is 2. The Morgan fingerprint density at radius 1 is 1.00 bits per heavy atom. The van der Waals surface area contributed by atoms with E-state index in [2.05, 4.69) is 0 Å². The highest BCUT2D eigenvalue weighted by atomic mass is 32.0. The summed E-state index contributed by atoms with van der Waals surface area (Å²) in [5.41, 5.74) is 0. The largest absolute Gasteiger partial charge is 0.233 e. The molecule has 4 heteroatoms. The first-order valence-electron chi connectivity index (χ1n) is 3.76. The Morgan fingerprint density at radius 3 is 2.90 bits per heavy atom. The minimum atomic E-state index is 0.588. The molecule has 1 heterocycles. The topological polar surface area (TPSA) is 18.5 Å². The van der Waals surface area contributed by atoms with Crippen LogP contribution < -0.4 is 0 Å². The van der Waals surface area contributed by atoms with E-state index < -0.39 is 0 Å². The van der Waals surface area contributed by atoms with Gasteiger partial charge >= 0.3 is 0 Å². The maximum absolute atomic E-state index is 4.95. The lowest BCUT2D eigenvalue weighted by Crippen LogP contribution is -1.92. The maximum atomic E-state index is 4.95. The van der Waals surface area contributed by atoms with E-state index in [0.29, 0.717) is 8.50 Å². The molecular formula is C6H14O2P2. The molecule has 2 unspecified atom stereocenters. The van der Waals surface area contributed by atoms with Crippen LogP contribution >= 0.6 is 16.8 Å². The standard InChI is InChI=1S/C6H14O2P2/c1-2-4-6-9-10-8-7-5-3-1/h9-10H,1-6H2. The van der Waals surface area contributed by atoms with E-state index in [9.17, 15) is 0 Å². The molecule has 1 aliphatic rings. The van der Waals surface area contributed by atoms with Gasteiger partial charge in [-0.25, -0.2) is 9.56 Å². The van der Waals surface area contributed by atoms with Crippen molar-refractivity contribution >= 4 is 16.8 Å². The zero-order chi connectivity index (χ0) is 7.07. The van der Waals surface area contributed by atoms with Crippen molar-refractivity contribution in [2.75, 3.05) is 12.8 Å². The van der Waals surface area contributed by atoms with Crippen molar-refractivity contribution in [3.63, 3.8) is 0 Å². The summed E-state index contributed by atoms with van der Waals surface area (Å²) in [4.78, 5) is 4.93. The molecule has 0 saturated carbocycles. The molecule has 10 heavy (non-hydrogen) atoms. The lowest BCUT2D eigenvalue weighted by Gasteiger charge is -2.06. The summed E-state index contributed by atoms with van der Waals surface area (Å²) < 4.78 is 4.95. The summed E-state index contributed by atoms with van der Waals surface area (Å²) in [6.45, 7) is 0.789. The second kappa shape index (κ2) is 6.49. The van der Waals surface area contributed by atoms with E-state index in [1.54, 1.807) is 0 Å². The molecule has 0 radical (unpaired) electrons. The Labute approximate surface area is 65.5 Å². The van der Waals surface area contributed by atoms with Gasteiger partial charge in [0.15, 0.2) is 0 Å². The Kier molecular flexibility index (Phi) is 5.76. The molecule has 0 aromatic carbocycles. The van der Waals surface area contributed by atoms with Gasteiger partial charge in [0.1, 0.15) is 0 Å². The lowest BCUT2D eigenvalue weighted by atomic mass is 10.2. The lowest BCUT2D eigenvalue weighted by molar-refractivity contribution is -0.194. The second-order valence-corrected chi connectivity index (χ2v) is 5.25. The van der Waals surface area contributed by atoms with Crippen molar-refractivity contribution in [2.24, 2.45) is 0 Å². The van der Waals surface area contributed by atoms with Gasteiger partial charge in [-0.2, -0.15) is 0 Å². The summed E-state index contributed by atoms with van der Waals surface area (Å²) >= 11 is 0. The molecule has 0 aromatic heterocycles. The second-order valence-electron chi connectivity index (χ2n) is 2.35. The summed E-state index contributed by atoms with van der Waals surface area (Å²) in [6.07, 6.45) is 6.56. The van der Waals surface area contributed by atoms with Gasteiger partial charge < -0.3 is 0 Å². The van der Waals surface area contributed by atoms with E-state index in [1.165, 1.54) is 25.4 Å². The molecule has 0 aromatic rings. The van der Waals surface area contributed by atoms with Gasteiger partial charge in [0.25, 0.3) is 0 Å². The van der Waals surface area contributed by atoms with Crippen molar-refractivity contribution in [3.05, 3.63) is 0 Å². The average molecular weight is 180 g/mol. The van der Waals surface area contributed by atoms with Crippen LogP contribution in [0.15, 0.2) is 0 Å². The molecule has 0 spiro atoms. The Hall–Kier alpha value is 0.780. The number of rotatable bonds is 0. The summed E-state index contributed by atoms with van der Waals surface area (Å²) in [6, 6.07) is 0. The average Bonchev–Trinajstić information content (AvgIpc) is 2.01. The molecule has 0 amide bonds. The van der Waals surface area contributed by atoms with Crippen LogP contribution in [0.25, 0.3) is 0 Å². The van der Waals surface area contributed by atoms with Crippen molar-refractivity contribution in [2.45, 2.75) is 25.7 Å². The van der Waals surface area contributed by atoms with Crippen molar-refractivity contribution in [3.8, 4) is 0 Å². The Bertz CT molecular complexity index is 46.9. The van der Waals surface area contributed by atoms with Crippen LogP contribution in [0.3, 0.4) is 0 Å². The molecule has 2 atom stereocenters. The Balaban J connectivity index is 2.00. The van der Waals surface area contributed by atoms with Crippen molar-refractivity contribution in [1.29, 1.82) is 0 Å². The van der Waals surface area contributed by atoms with Gasteiger partial charge in [0.2, 0.25) is 0 Å². The van der Waals surface area contributed by atoms with Crippen LogP contribution in [-0.4, -0.2) is 12.8 Å². The first kappa shape index (κ1) is 8.87. The molecule has 1 saturated heterocycles. The van der Waals surface area contributed by atoms with Gasteiger partial charge in [-0.3, -0.25) is 0 Å². The van der Waals surface area contributed by atoms with Gasteiger partial charge in [-0.1, -0.05) is 21.1 Å². The predicted molar refractivity (Wildman–Crippen MR) is 47.0 cm³/mol. The summed E-state index contributed by atoms with van der Waals surface area (Å²) in [5.74, 6) is 0. The van der Waals surface area contributed by atoms with E-state index >= 15 is 0 Å². The highest BCUT2D eigenvalue weighted by Crippen LogP contribution is 2.38. The highest BCUT2D eigenvalue weighted by molar-refractivity contribution is 8.09. The van der Waals surface area contributed by atoms with Crippen LogP contribution in [0, 0.1) is 0 Å². The molecule has 60 valence electrons. The maximum Gasteiger partial charge on any atom is 0.0825 e. The zero-order valence-electron chi connectivity index (χ0n) is 6.06. The van der Waals surface area contributed by atoms with Gasteiger partial charge in [0.05, 0.1) is 15.1 Å². The van der Waals surface area contributed by atoms with Gasteiger partial charge in [-0.05, 0) is 19.0 Å². The predicted octanol–water partition coefficient (Wildman–Crippen LogP) is 2.70. The fourth-order valence-corrected chi connectivity index (χ4v) is 2.80.